The monoisotopic (exact) mass is 429 g/mol. The van der Waals surface area contributed by atoms with E-state index in [-0.39, 0.29) is 5.56 Å². The number of aliphatic hydroxyl groups is 2. The minimum absolute atomic E-state index is 0.226. The van der Waals surface area contributed by atoms with Crippen molar-refractivity contribution in [3.63, 3.8) is 0 Å². The Kier molecular flexibility index (Phi) is 7.35. The van der Waals surface area contributed by atoms with Crippen LogP contribution in [0.1, 0.15) is 27.6 Å². The van der Waals surface area contributed by atoms with E-state index in [1.54, 1.807) is 48.5 Å². The third kappa shape index (κ3) is 5.66. The molecule has 0 radical (unpaired) electrons. The highest BCUT2D eigenvalue weighted by atomic mass is 16.6. The molecule has 3 N–H and O–H groups in total. The maximum absolute atomic E-state index is 12.5. The SMILES string of the molecule is CC(=O)N[C@@H]1[C@@H](OC(=O)c2ccccc2)[C@@H](O)[C@@H](COC(=O)c2ccccc2)O[C@H]1O. The van der Waals surface area contributed by atoms with E-state index in [0.717, 1.165) is 0 Å². The van der Waals surface area contributed by atoms with E-state index >= 15 is 0 Å². The van der Waals surface area contributed by atoms with Crippen molar-refractivity contribution in [1.29, 1.82) is 0 Å². The molecule has 0 bridgehead atoms. The fourth-order valence-electron chi connectivity index (χ4n) is 3.18. The summed E-state index contributed by atoms with van der Waals surface area (Å²) >= 11 is 0. The number of esters is 2. The molecule has 0 saturated carbocycles. The first kappa shape index (κ1) is 22.4. The van der Waals surface area contributed by atoms with Gasteiger partial charge >= 0.3 is 11.9 Å². The van der Waals surface area contributed by atoms with Crippen LogP contribution in [-0.4, -0.2) is 65.3 Å². The smallest absolute Gasteiger partial charge is 0.338 e. The molecule has 0 spiro atoms. The van der Waals surface area contributed by atoms with Crippen molar-refractivity contribution in [2.75, 3.05) is 6.61 Å². The summed E-state index contributed by atoms with van der Waals surface area (Å²) in [5, 5.41) is 23.5. The van der Waals surface area contributed by atoms with Crippen LogP contribution in [0.15, 0.2) is 60.7 Å². The Labute approximate surface area is 178 Å². The minimum Gasteiger partial charge on any atom is -0.459 e. The lowest BCUT2D eigenvalue weighted by molar-refractivity contribution is -0.253. The average Bonchev–Trinajstić information content (AvgIpc) is 2.78. The van der Waals surface area contributed by atoms with Crippen molar-refractivity contribution in [2.24, 2.45) is 0 Å². The summed E-state index contributed by atoms with van der Waals surface area (Å²) in [5.74, 6) is -1.92. The Morgan fingerprint density at radius 1 is 0.935 bits per heavy atom. The number of benzene rings is 2. The first-order valence-corrected chi connectivity index (χ1v) is 9.63. The summed E-state index contributed by atoms with van der Waals surface area (Å²) in [6.45, 7) is 0.807. The zero-order valence-corrected chi connectivity index (χ0v) is 16.7. The maximum Gasteiger partial charge on any atom is 0.338 e. The number of aliphatic hydroxyl groups excluding tert-OH is 2. The number of nitrogens with one attached hydrogen (secondary N) is 1. The lowest BCUT2D eigenvalue weighted by Gasteiger charge is -2.42. The quantitative estimate of drug-likeness (QED) is 0.571. The van der Waals surface area contributed by atoms with Crippen molar-refractivity contribution >= 4 is 17.8 Å². The van der Waals surface area contributed by atoms with Gasteiger partial charge in [-0.1, -0.05) is 36.4 Å². The molecule has 2 aromatic carbocycles. The van der Waals surface area contributed by atoms with E-state index in [1.807, 2.05) is 0 Å². The van der Waals surface area contributed by atoms with Crippen LogP contribution in [0.3, 0.4) is 0 Å². The summed E-state index contributed by atoms with van der Waals surface area (Å²) in [6, 6.07) is 15.0. The Hall–Kier alpha value is -3.27. The van der Waals surface area contributed by atoms with Crippen LogP contribution in [0, 0.1) is 0 Å². The van der Waals surface area contributed by atoms with Crippen LogP contribution in [0.4, 0.5) is 0 Å². The second-order valence-corrected chi connectivity index (χ2v) is 6.98. The maximum atomic E-state index is 12.5. The van der Waals surface area contributed by atoms with Gasteiger partial charge in [-0.25, -0.2) is 9.59 Å². The van der Waals surface area contributed by atoms with Gasteiger partial charge in [-0.3, -0.25) is 4.79 Å². The standard InChI is InChI=1S/C22H23NO8/c1-13(24)23-17-19(31-21(27)15-10-6-3-7-11-15)18(25)16(30-22(17)28)12-29-20(26)14-8-4-2-5-9-14/h2-11,16-19,22,25,28H,12H2,1H3,(H,23,24)/t16-,17-,18+,19-,22-/m1/s1. The highest BCUT2D eigenvalue weighted by Crippen LogP contribution is 2.24. The zero-order valence-electron chi connectivity index (χ0n) is 16.7. The first-order chi connectivity index (χ1) is 14.9. The molecule has 1 amide bonds. The summed E-state index contributed by atoms with van der Waals surface area (Å²) in [4.78, 5) is 36.2. The number of hydrogen-bond acceptors (Lipinski definition) is 8. The highest BCUT2D eigenvalue weighted by Gasteiger charge is 2.48. The average molecular weight is 429 g/mol. The molecule has 3 rings (SSSR count). The van der Waals surface area contributed by atoms with Gasteiger partial charge in [0.15, 0.2) is 12.4 Å². The van der Waals surface area contributed by atoms with Crippen LogP contribution >= 0.6 is 0 Å². The van der Waals surface area contributed by atoms with E-state index in [2.05, 4.69) is 5.32 Å². The summed E-state index contributed by atoms with van der Waals surface area (Å²) < 4.78 is 15.9. The van der Waals surface area contributed by atoms with Gasteiger partial charge in [0.05, 0.1) is 11.1 Å². The Morgan fingerprint density at radius 3 is 2.03 bits per heavy atom. The van der Waals surface area contributed by atoms with Gasteiger partial charge in [-0.05, 0) is 24.3 Å². The molecule has 1 saturated heterocycles. The van der Waals surface area contributed by atoms with Crippen molar-refractivity contribution in [2.45, 2.75) is 37.6 Å². The van der Waals surface area contributed by atoms with Crippen molar-refractivity contribution in [3.05, 3.63) is 71.8 Å². The molecule has 0 unspecified atom stereocenters. The molecule has 0 aromatic heterocycles. The molecule has 0 aliphatic carbocycles. The first-order valence-electron chi connectivity index (χ1n) is 9.63. The molecule has 2 aromatic rings. The number of hydrogen-bond donors (Lipinski definition) is 3. The summed E-state index contributed by atoms with van der Waals surface area (Å²) in [7, 11) is 0. The molecule has 1 aliphatic heterocycles. The molecule has 9 nitrogen and oxygen atoms in total. The normalized spacial score (nSPS) is 25.3. The van der Waals surface area contributed by atoms with Crippen molar-refractivity contribution in [3.8, 4) is 0 Å². The number of carbonyl (C=O) groups is 3. The minimum atomic E-state index is -1.61. The van der Waals surface area contributed by atoms with E-state index in [9.17, 15) is 24.6 Å². The molecule has 1 aliphatic rings. The molecule has 9 heteroatoms. The van der Waals surface area contributed by atoms with Crippen LogP contribution in [0.25, 0.3) is 0 Å². The Balaban J connectivity index is 1.73. The fraction of sp³-hybridized carbons (Fsp3) is 0.318. The van der Waals surface area contributed by atoms with Crippen molar-refractivity contribution < 1.29 is 38.8 Å². The van der Waals surface area contributed by atoms with Crippen molar-refractivity contribution in [1.82, 2.24) is 5.32 Å². The van der Waals surface area contributed by atoms with Crippen LogP contribution in [-0.2, 0) is 19.0 Å². The number of amides is 1. The van der Waals surface area contributed by atoms with Gasteiger partial charge in [0.1, 0.15) is 24.9 Å². The predicted octanol–water partition coefficient (Wildman–Crippen LogP) is 0.652. The van der Waals surface area contributed by atoms with E-state index < -0.39 is 55.1 Å². The third-order valence-electron chi connectivity index (χ3n) is 4.70. The molecule has 31 heavy (non-hydrogen) atoms. The highest BCUT2D eigenvalue weighted by molar-refractivity contribution is 5.90. The molecule has 1 heterocycles. The Bertz CT molecular complexity index is 904. The second-order valence-electron chi connectivity index (χ2n) is 6.98. The lowest BCUT2D eigenvalue weighted by atomic mass is 9.96. The van der Waals surface area contributed by atoms with Gasteiger partial charge in [0, 0.05) is 6.92 Å². The van der Waals surface area contributed by atoms with Gasteiger partial charge in [0.2, 0.25) is 5.91 Å². The van der Waals surface area contributed by atoms with Gasteiger partial charge in [-0.15, -0.1) is 0 Å². The molecular formula is C22H23NO8. The van der Waals surface area contributed by atoms with Crippen LogP contribution < -0.4 is 5.32 Å². The van der Waals surface area contributed by atoms with Crippen LogP contribution in [0.2, 0.25) is 0 Å². The second kappa shape index (κ2) is 10.2. The van der Waals surface area contributed by atoms with E-state index in [4.69, 9.17) is 14.2 Å². The molecule has 164 valence electrons. The topological polar surface area (TPSA) is 131 Å². The fourth-order valence-corrected chi connectivity index (χ4v) is 3.18. The molecule has 1 fully saturated rings. The lowest BCUT2D eigenvalue weighted by Crippen LogP contribution is -2.65. The third-order valence-corrected chi connectivity index (χ3v) is 4.70. The summed E-state index contributed by atoms with van der Waals surface area (Å²) in [5.41, 5.74) is 0.529. The van der Waals surface area contributed by atoms with E-state index in [0.29, 0.717) is 5.56 Å². The van der Waals surface area contributed by atoms with Gasteiger partial charge in [0.25, 0.3) is 0 Å². The summed E-state index contributed by atoms with van der Waals surface area (Å²) in [6.07, 6.45) is -5.64. The number of carbonyl (C=O) groups excluding carboxylic acids is 3. The number of rotatable bonds is 6. The predicted molar refractivity (Wildman–Crippen MR) is 107 cm³/mol. The zero-order chi connectivity index (χ0) is 22.4. The van der Waals surface area contributed by atoms with Gasteiger partial charge in [-0.2, -0.15) is 0 Å². The Morgan fingerprint density at radius 2 is 1.48 bits per heavy atom. The molecule has 5 atom stereocenters. The van der Waals surface area contributed by atoms with Gasteiger partial charge < -0.3 is 29.7 Å². The van der Waals surface area contributed by atoms with Crippen LogP contribution in [0.5, 0.6) is 0 Å². The van der Waals surface area contributed by atoms with E-state index in [1.165, 1.54) is 19.1 Å². The largest absolute Gasteiger partial charge is 0.459 e. The number of ether oxygens (including phenoxy) is 3. The molecular weight excluding hydrogens is 406 g/mol.